The Labute approximate surface area is 152 Å². The molecule has 1 N–H and O–H groups in total. The summed E-state index contributed by atoms with van der Waals surface area (Å²) in [7, 11) is 1.65. The Balaban J connectivity index is 1.62. The number of hydrogen-bond donors (Lipinski definition) is 1. The van der Waals surface area contributed by atoms with Gasteiger partial charge in [-0.2, -0.15) is 0 Å². The summed E-state index contributed by atoms with van der Waals surface area (Å²) >= 11 is 0. The third-order valence-corrected chi connectivity index (χ3v) is 4.81. The number of benzene rings is 1. The first-order chi connectivity index (χ1) is 12.6. The van der Waals surface area contributed by atoms with Crippen molar-refractivity contribution in [3.8, 4) is 11.5 Å². The van der Waals surface area contributed by atoms with E-state index in [-0.39, 0.29) is 6.10 Å². The second kappa shape index (κ2) is 6.64. The topological polar surface area (TPSA) is 78.6 Å². The van der Waals surface area contributed by atoms with E-state index in [9.17, 15) is 0 Å². The van der Waals surface area contributed by atoms with Crippen LogP contribution in [0.25, 0.3) is 5.70 Å². The third-order valence-electron chi connectivity index (χ3n) is 4.81. The number of hydroxylamine groups is 1. The van der Waals surface area contributed by atoms with E-state index in [4.69, 9.17) is 18.7 Å². The molecule has 1 aromatic heterocycles. The molecule has 2 aromatic rings. The lowest BCUT2D eigenvalue weighted by atomic mass is 10.0. The lowest BCUT2D eigenvalue weighted by Crippen LogP contribution is -2.23. The van der Waals surface area contributed by atoms with Crippen LogP contribution in [0.5, 0.6) is 11.5 Å². The van der Waals surface area contributed by atoms with Crippen LogP contribution in [0.2, 0.25) is 0 Å². The quantitative estimate of drug-likeness (QED) is 0.877. The number of nitrogens with zero attached hydrogens (tertiary/aromatic N) is 2. The zero-order valence-corrected chi connectivity index (χ0v) is 15.2. The molecular weight excluding hydrogens is 334 g/mol. The molecule has 1 aliphatic carbocycles. The first-order valence-electron chi connectivity index (χ1n) is 8.90. The van der Waals surface area contributed by atoms with Gasteiger partial charge in [0.1, 0.15) is 0 Å². The van der Waals surface area contributed by atoms with Crippen LogP contribution in [-0.2, 0) is 10.4 Å². The van der Waals surface area contributed by atoms with E-state index in [1.807, 2.05) is 31.2 Å². The van der Waals surface area contributed by atoms with Gasteiger partial charge in [-0.05, 0) is 56.9 Å². The van der Waals surface area contributed by atoms with Gasteiger partial charge in [-0.25, -0.2) is 0 Å². The first-order valence-corrected chi connectivity index (χ1v) is 8.90. The van der Waals surface area contributed by atoms with Gasteiger partial charge in [0, 0.05) is 12.5 Å². The molecule has 2 heterocycles. The molecule has 1 unspecified atom stereocenters. The normalized spacial score (nSPS) is 23.0. The summed E-state index contributed by atoms with van der Waals surface area (Å²) < 4.78 is 17.2. The second-order valence-corrected chi connectivity index (χ2v) is 6.89. The monoisotopic (exact) mass is 357 g/mol. The molecule has 1 aliphatic heterocycles. The van der Waals surface area contributed by atoms with Gasteiger partial charge in [-0.1, -0.05) is 0 Å². The van der Waals surface area contributed by atoms with Crippen molar-refractivity contribution < 1.29 is 18.7 Å². The van der Waals surface area contributed by atoms with Gasteiger partial charge < -0.3 is 13.9 Å². The molecule has 0 radical (unpaired) electrons. The van der Waals surface area contributed by atoms with Crippen LogP contribution in [0.1, 0.15) is 50.0 Å². The molecule has 1 atom stereocenters. The minimum atomic E-state index is -0.816. The number of methoxy groups -OCH3 is 1. The predicted molar refractivity (Wildman–Crippen MR) is 94.5 cm³/mol. The average Bonchev–Trinajstić information content (AvgIpc) is 3.37. The van der Waals surface area contributed by atoms with Crippen molar-refractivity contribution in [2.75, 3.05) is 7.11 Å². The maximum absolute atomic E-state index is 6.18. The molecule has 7 heteroatoms. The molecule has 4 rings (SSSR count). The van der Waals surface area contributed by atoms with Gasteiger partial charge in [0.25, 0.3) is 5.89 Å². The third kappa shape index (κ3) is 3.14. The van der Waals surface area contributed by atoms with Crippen LogP contribution in [0.15, 0.2) is 28.7 Å². The number of nitrogens with one attached hydrogen (secondary N) is 1. The van der Waals surface area contributed by atoms with E-state index in [0.717, 1.165) is 35.6 Å². The van der Waals surface area contributed by atoms with E-state index in [2.05, 4.69) is 15.7 Å². The highest BCUT2D eigenvalue weighted by Crippen LogP contribution is 2.37. The molecule has 26 heavy (non-hydrogen) atoms. The number of aryl methyl sites for hydroxylation is 1. The maximum atomic E-state index is 6.18. The second-order valence-electron chi connectivity index (χ2n) is 6.89. The average molecular weight is 357 g/mol. The minimum Gasteiger partial charge on any atom is -0.493 e. The summed E-state index contributed by atoms with van der Waals surface area (Å²) in [6, 6.07) is 5.85. The Morgan fingerprint density at radius 2 is 2.00 bits per heavy atom. The van der Waals surface area contributed by atoms with E-state index >= 15 is 0 Å². The molecule has 7 nitrogen and oxygen atoms in total. The van der Waals surface area contributed by atoms with Crippen LogP contribution in [-0.4, -0.2) is 23.4 Å². The molecule has 1 aromatic carbocycles. The van der Waals surface area contributed by atoms with E-state index < -0.39 is 5.60 Å². The Hall–Kier alpha value is -2.54. The van der Waals surface area contributed by atoms with Crippen molar-refractivity contribution in [1.29, 1.82) is 0 Å². The molecule has 1 saturated carbocycles. The molecule has 1 fully saturated rings. The van der Waals surface area contributed by atoms with Crippen molar-refractivity contribution in [2.45, 2.75) is 51.2 Å². The SMILES string of the molecule is COc1ccc(C2=CC(C)(c3nnc(C)o3)ON2)cc1OC1CCCC1. The molecular formula is C19H23N3O4. The Morgan fingerprint density at radius 3 is 2.69 bits per heavy atom. The van der Waals surface area contributed by atoms with E-state index in [1.165, 1.54) is 12.8 Å². The Morgan fingerprint density at radius 1 is 1.19 bits per heavy atom. The number of aromatic nitrogens is 2. The van der Waals surface area contributed by atoms with Crippen molar-refractivity contribution in [2.24, 2.45) is 0 Å². The van der Waals surface area contributed by atoms with Gasteiger partial charge >= 0.3 is 0 Å². The van der Waals surface area contributed by atoms with Crippen molar-refractivity contribution in [3.63, 3.8) is 0 Å². The Bertz CT molecular complexity index is 826. The fraction of sp³-hybridized carbons (Fsp3) is 0.474. The van der Waals surface area contributed by atoms with Gasteiger partial charge in [0.05, 0.1) is 18.9 Å². The summed E-state index contributed by atoms with van der Waals surface area (Å²) in [6.07, 6.45) is 6.80. The highest BCUT2D eigenvalue weighted by Gasteiger charge is 2.38. The summed E-state index contributed by atoms with van der Waals surface area (Å²) in [5.74, 6) is 2.40. The van der Waals surface area contributed by atoms with Crippen LogP contribution in [0, 0.1) is 6.92 Å². The minimum absolute atomic E-state index is 0.257. The number of ether oxygens (including phenoxy) is 2. The smallest absolute Gasteiger partial charge is 0.254 e. The highest BCUT2D eigenvalue weighted by molar-refractivity contribution is 5.68. The molecule has 2 aliphatic rings. The summed E-state index contributed by atoms with van der Waals surface area (Å²) in [6.45, 7) is 3.63. The van der Waals surface area contributed by atoms with Gasteiger partial charge in [0.2, 0.25) is 5.89 Å². The fourth-order valence-corrected chi connectivity index (χ4v) is 3.36. The maximum Gasteiger partial charge on any atom is 0.254 e. The van der Waals surface area contributed by atoms with Gasteiger partial charge in [0.15, 0.2) is 17.1 Å². The lowest BCUT2D eigenvalue weighted by molar-refractivity contribution is -0.0421. The van der Waals surface area contributed by atoms with E-state index in [1.54, 1.807) is 14.0 Å². The largest absolute Gasteiger partial charge is 0.493 e. The molecule has 0 amide bonds. The van der Waals surface area contributed by atoms with Crippen molar-refractivity contribution in [1.82, 2.24) is 15.7 Å². The molecule has 138 valence electrons. The first kappa shape index (κ1) is 16.9. The van der Waals surface area contributed by atoms with Crippen LogP contribution < -0.4 is 15.0 Å². The highest BCUT2D eigenvalue weighted by atomic mass is 16.7. The van der Waals surface area contributed by atoms with Crippen LogP contribution in [0.4, 0.5) is 0 Å². The Kier molecular flexibility index (Phi) is 4.32. The number of rotatable bonds is 5. The number of hydrogen-bond acceptors (Lipinski definition) is 7. The van der Waals surface area contributed by atoms with Crippen molar-refractivity contribution in [3.05, 3.63) is 41.6 Å². The van der Waals surface area contributed by atoms with Crippen LogP contribution >= 0.6 is 0 Å². The summed E-state index contributed by atoms with van der Waals surface area (Å²) in [5.41, 5.74) is 3.91. The molecule has 0 spiro atoms. The zero-order valence-electron chi connectivity index (χ0n) is 15.2. The summed E-state index contributed by atoms with van der Waals surface area (Å²) in [5, 5.41) is 7.95. The molecule has 0 saturated heterocycles. The molecule has 0 bridgehead atoms. The van der Waals surface area contributed by atoms with Gasteiger partial charge in [-0.15, -0.1) is 10.2 Å². The van der Waals surface area contributed by atoms with Crippen molar-refractivity contribution >= 4 is 5.70 Å². The lowest BCUT2D eigenvalue weighted by Gasteiger charge is -2.17. The fourth-order valence-electron chi connectivity index (χ4n) is 3.36. The van der Waals surface area contributed by atoms with E-state index in [0.29, 0.717) is 11.8 Å². The van der Waals surface area contributed by atoms with Gasteiger partial charge in [-0.3, -0.25) is 10.3 Å². The predicted octanol–water partition coefficient (Wildman–Crippen LogP) is 3.50. The summed E-state index contributed by atoms with van der Waals surface area (Å²) in [4.78, 5) is 5.73. The standard InChI is InChI=1S/C19H23N3O4/c1-12-20-21-18(24-12)19(2)11-15(22-26-19)13-8-9-16(23-3)17(10-13)25-14-6-4-5-7-14/h8-11,14,22H,4-7H2,1-3H3. The van der Waals surface area contributed by atoms with Crippen LogP contribution in [0.3, 0.4) is 0 Å². The zero-order chi connectivity index (χ0) is 18.1.